The Bertz CT molecular complexity index is 1240. The smallest absolute Gasteiger partial charge is 0.306 e. The monoisotopic (exact) mass is 877 g/mol. The Balaban J connectivity index is 4.49. The van der Waals surface area contributed by atoms with Crippen LogP contribution in [0.25, 0.3) is 0 Å². The van der Waals surface area contributed by atoms with E-state index in [1.165, 1.54) is 103 Å². The molecule has 63 heavy (non-hydrogen) atoms. The molecule has 0 bridgehead atoms. The van der Waals surface area contributed by atoms with E-state index >= 15 is 0 Å². The van der Waals surface area contributed by atoms with Gasteiger partial charge in [-0.25, -0.2) is 0 Å². The maximum atomic E-state index is 12.8. The van der Waals surface area contributed by atoms with Gasteiger partial charge in [-0.2, -0.15) is 0 Å². The Morgan fingerprint density at radius 2 is 0.651 bits per heavy atom. The van der Waals surface area contributed by atoms with Gasteiger partial charge in [0.2, 0.25) is 0 Å². The molecule has 360 valence electrons. The summed E-state index contributed by atoms with van der Waals surface area (Å²) in [5.74, 6) is -0.997. The maximum absolute atomic E-state index is 12.8. The van der Waals surface area contributed by atoms with Gasteiger partial charge in [0.1, 0.15) is 13.2 Å². The van der Waals surface area contributed by atoms with Crippen molar-refractivity contribution in [2.24, 2.45) is 0 Å². The van der Waals surface area contributed by atoms with Gasteiger partial charge in [0.05, 0.1) is 0 Å². The number of esters is 3. The summed E-state index contributed by atoms with van der Waals surface area (Å²) in [6.07, 6.45) is 65.7. The van der Waals surface area contributed by atoms with E-state index in [-0.39, 0.29) is 37.5 Å². The quantitative estimate of drug-likeness (QED) is 0.0262. The lowest BCUT2D eigenvalue weighted by Crippen LogP contribution is -2.30. The Kier molecular flexibility index (Phi) is 48.5. The van der Waals surface area contributed by atoms with Crippen molar-refractivity contribution in [1.82, 2.24) is 0 Å². The van der Waals surface area contributed by atoms with Crippen LogP contribution in [0.2, 0.25) is 0 Å². The zero-order valence-corrected chi connectivity index (χ0v) is 41.1. The minimum Gasteiger partial charge on any atom is -0.462 e. The van der Waals surface area contributed by atoms with Crippen molar-refractivity contribution in [3.05, 3.63) is 85.1 Å². The second kappa shape index (κ2) is 51.2. The van der Waals surface area contributed by atoms with E-state index < -0.39 is 6.10 Å². The molecule has 0 aliphatic heterocycles. The number of unbranched alkanes of at least 4 members (excludes halogenated alkanes) is 21. The van der Waals surface area contributed by atoms with Crippen molar-refractivity contribution < 1.29 is 28.6 Å². The molecule has 1 atom stereocenters. The number of hydrogen-bond donors (Lipinski definition) is 0. The highest BCUT2D eigenvalue weighted by molar-refractivity contribution is 5.71. The van der Waals surface area contributed by atoms with Crippen LogP contribution < -0.4 is 0 Å². The molecule has 0 amide bonds. The molecule has 0 saturated carbocycles. The molecule has 0 heterocycles. The number of carbonyl (C=O) groups excluding carboxylic acids is 3. The average Bonchev–Trinajstić information content (AvgIpc) is 3.28. The lowest BCUT2D eigenvalue weighted by Gasteiger charge is -2.18. The molecule has 0 aliphatic carbocycles. The molecule has 6 heteroatoms. The van der Waals surface area contributed by atoms with Crippen LogP contribution >= 0.6 is 0 Å². The van der Waals surface area contributed by atoms with Crippen LogP contribution in [0.15, 0.2) is 85.1 Å². The van der Waals surface area contributed by atoms with Gasteiger partial charge in [0.15, 0.2) is 6.10 Å². The normalized spacial score (nSPS) is 12.7. The van der Waals surface area contributed by atoms with E-state index in [0.29, 0.717) is 19.3 Å². The number of rotatable bonds is 46. The van der Waals surface area contributed by atoms with Gasteiger partial charge >= 0.3 is 17.9 Å². The van der Waals surface area contributed by atoms with Crippen molar-refractivity contribution in [3.63, 3.8) is 0 Å². The van der Waals surface area contributed by atoms with Crippen LogP contribution in [0.3, 0.4) is 0 Å². The van der Waals surface area contributed by atoms with Crippen molar-refractivity contribution in [3.8, 4) is 0 Å². The fraction of sp³-hybridized carbons (Fsp3) is 0.702. The summed E-state index contributed by atoms with van der Waals surface area (Å²) in [6, 6.07) is 0. The first-order valence-electron chi connectivity index (χ1n) is 26.1. The van der Waals surface area contributed by atoms with E-state index in [9.17, 15) is 14.4 Å². The number of carbonyl (C=O) groups is 3. The fourth-order valence-corrected chi connectivity index (χ4v) is 6.99. The van der Waals surface area contributed by atoms with Crippen LogP contribution in [-0.2, 0) is 28.6 Å². The SMILES string of the molecule is CC/C=C\C/C=C\C/C=C\C/C=C\C/C=C\C/C=C\CCC(=O)OC[C@H](COC(=O)CCCCCCC/C=C\CCCCCC)OC(=O)CCCCCCCCCCCCCCC. The van der Waals surface area contributed by atoms with Crippen LogP contribution in [0.4, 0.5) is 0 Å². The molecule has 0 aromatic heterocycles. The van der Waals surface area contributed by atoms with Crippen LogP contribution in [0.5, 0.6) is 0 Å². The Morgan fingerprint density at radius 1 is 0.333 bits per heavy atom. The summed E-state index contributed by atoms with van der Waals surface area (Å²) < 4.78 is 16.7. The molecule has 0 aromatic rings. The fourth-order valence-electron chi connectivity index (χ4n) is 6.99. The largest absolute Gasteiger partial charge is 0.462 e. The third kappa shape index (κ3) is 49.5. The summed E-state index contributed by atoms with van der Waals surface area (Å²) in [6.45, 7) is 6.43. The van der Waals surface area contributed by atoms with Gasteiger partial charge in [-0.15, -0.1) is 0 Å². The Labute approximate surface area is 388 Å². The molecule has 0 rings (SSSR count). The predicted octanol–water partition coefficient (Wildman–Crippen LogP) is 17.2. The Morgan fingerprint density at radius 3 is 1.08 bits per heavy atom. The second-order valence-electron chi connectivity index (χ2n) is 17.1. The molecule has 0 radical (unpaired) electrons. The molecule has 6 nitrogen and oxygen atoms in total. The number of ether oxygens (including phenoxy) is 3. The highest BCUT2D eigenvalue weighted by atomic mass is 16.6. The summed E-state index contributed by atoms with van der Waals surface area (Å²) in [5.41, 5.74) is 0. The molecule has 0 fully saturated rings. The average molecular weight is 877 g/mol. The summed E-state index contributed by atoms with van der Waals surface area (Å²) in [7, 11) is 0. The van der Waals surface area contributed by atoms with Gasteiger partial charge < -0.3 is 14.2 Å². The molecule has 0 unspecified atom stereocenters. The Hall–Kier alpha value is -3.41. The molecule has 0 aliphatic rings. The van der Waals surface area contributed by atoms with Gasteiger partial charge in [-0.05, 0) is 83.5 Å². The van der Waals surface area contributed by atoms with E-state index in [2.05, 4.69) is 99.8 Å². The standard InChI is InChI=1S/C57H96O6/c1-4-7-10-13-16-19-22-25-26-27-28-29-30-33-35-38-41-44-47-50-56(59)62-53-54(63-57(60)51-48-45-42-39-36-32-24-21-18-15-12-9-6-3)52-61-55(58)49-46-43-40-37-34-31-23-20-17-14-11-8-5-2/h7,10,16,19-20,23,25-26,28-29,33,35,41,44,54H,4-6,8-9,11-15,17-18,21-22,24,27,30-32,34,36-40,42-43,45-53H2,1-3H3/b10-7-,19-16-,23-20-,26-25-,29-28-,35-33-,44-41-/t54-/m0/s1. The van der Waals surface area contributed by atoms with Gasteiger partial charge in [0, 0.05) is 19.3 Å². The van der Waals surface area contributed by atoms with Crippen molar-refractivity contribution >= 4 is 17.9 Å². The lowest BCUT2D eigenvalue weighted by atomic mass is 10.0. The van der Waals surface area contributed by atoms with E-state index in [1.807, 2.05) is 6.08 Å². The van der Waals surface area contributed by atoms with Gasteiger partial charge in [0.25, 0.3) is 0 Å². The summed E-state index contributed by atoms with van der Waals surface area (Å²) >= 11 is 0. The topological polar surface area (TPSA) is 78.9 Å². The first-order chi connectivity index (χ1) is 31.0. The third-order valence-electron chi connectivity index (χ3n) is 10.9. The number of allylic oxidation sites excluding steroid dienone is 14. The third-order valence-corrected chi connectivity index (χ3v) is 10.9. The molecule has 0 aromatic carbocycles. The van der Waals surface area contributed by atoms with E-state index in [1.54, 1.807) is 0 Å². The molecule has 0 saturated heterocycles. The lowest BCUT2D eigenvalue weighted by molar-refractivity contribution is -0.166. The van der Waals surface area contributed by atoms with Gasteiger partial charge in [-0.1, -0.05) is 221 Å². The van der Waals surface area contributed by atoms with Crippen LogP contribution in [0, 0.1) is 0 Å². The zero-order valence-electron chi connectivity index (χ0n) is 41.1. The molecule has 0 spiro atoms. The molecular formula is C57H96O6. The van der Waals surface area contributed by atoms with Gasteiger partial charge in [-0.3, -0.25) is 14.4 Å². The minimum absolute atomic E-state index is 0.103. The van der Waals surface area contributed by atoms with Crippen molar-refractivity contribution in [2.45, 2.75) is 245 Å². The first-order valence-corrected chi connectivity index (χ1v) is 26.1. The zero-order chi connectivity index (χ0) is 45.8. The summed E-state index contributed by atoms with van der Waals surface area (Å²) in [5, 5.41) is 0. The molecular weight excluding hydrogens is 781 g/mol. The highest BCUT2D eigenvalue weighted by Crippen LogP contribution is 2.14. The summed E-state index contributed by atoms with van der Waals surface area (Å²) in [4.78, 5) is 37.9. The van der Waals surface area contributed by atoms with Crippen LogP contribution in [0.1, 0.15) is 239 Å². The maximum Gasteiger partial charge on any atom is 0.306 e. The second-order valence-corrected chi connectivity index (χ2v) is 17.1. The molecule has 0 N–H and O–H groups in total. The number of hydrogen-bond acceptors (Lipinski definition) is 6. The predicted molar refractivity (Wildman–Crippen MR) is 270 cm³/mol. The van der Waals surface area contributed by atoms with Crippen molar-refractivity contribution in [1.29, 1.82) is 0 Å². The first kappa shape index (κ1) is 59.6. The van der Waals surface area contributed by atoms with Crippen LogP contribution in [-0.4, -0.2) is 37.2 Å². The minimum atomic E-state index is -0.807. The highest BCUT2D eigenvalue weighted by Gasteiger charge is 2.19. The van der Waals surface area contributed by atoms with E-state index in [4.69, 9.17) is 14.2 Å². The van der Waals surface area contributed by atoms with Crippen molar-refractivity contribution in [2.75, 3.05) is 13.2 Å². The van der Waals surface area contributed by atoms with E-state index in [0.717, 1.165) is 89.9 Å².